The van der Waals surface area contributed by atoms with Gasteiger partial charge < -0.3 is 9.47 Å². The van der Waals surface area contributed by atoms with Gasteiger partial charge >= 0.3 is 11.9 Å². The molecule has 0 bridgehead atoms. The van der Waals surface area contributed by atoms with Crippen molar-refractivity contribution in [3.63, 3.8) is 0 Å². The molecule has 2 aromatic rings. The molecule has 0 unspecified atom stereocenters. The molecule has 1 saturated carbocycles. The van der Waals surface area contributed by atoms with Crippen molar-refractivity contribution in [1.29, 1.82) is 0 Å². The summed E-state index contributed by atoms with van der Waals surface area (Å²) in [7, 11) is 0. The predicted octanol–water partition coefficient (Wildman–Crippen LogP) is 4.40. The minimum absolute atomic E-state index is 0.380. The fourth-order valence-electron chi connectivity index (χ4n) is 3.19. The minimum atomic E-state index is -0.810. The molecule has 130 valence electrons. The third kappa shape index (κ3) is 4.08. The van der Waals surface area contributed by atoms with Crippen LogP contribution in [0.1, 0.15) is 53.3 Å². The van der Waals surface area contributed by atoms with Gasteiger partial charge in [-0.25, -0.2) is 9.59 Å². The highest BCUT2D eigenvalue weighted by molar-refractivity contribution is 5.90. The van der Waals surface area contributed by atoms with Crippen molar-refractivity contribution in [1.82, 2.24) is 0 Å². The van der Waals surface area contributed by atoms with E-state index < -0.39 is 11.7 Å². The molecule has 4 heteroatoms. The Morgan fingerprint density at radius 1 is 0.880 bits per heavy atom. The lowest BCUT2D eigenvalue weighted by molar-refractivity contribution is -0.106. The number of carbonyl (C=O) groups excluding carboxylic acids is 2. The molecule has 1 aliphatic carbocycles. The lowest BCUT2D eigenvalue weighted by atomic mass is 9.83. The van der Waals surface area contributed by atoms with E-state index in [1.54, 1.807) is 48.5 Å². The molecule has 2 aromatic carbocycles. The maximum absolute atomic E-state index is 12.5. The van der Waals surface area contributed by atoms with E-state index in [0.717, 1.165) is 12.8 Å². The van der Waals surface area contributed by atoms with Crippen molar-refractivity contribution in [2.24, 2.45) is 0 Å². The lowest BCUT2D eigenvalue weighted by Crippen LogP contribution is -2.48. The topological polar surface area (TPSA) is 52.6 Å². The summed E-state index contributed by atoms with van der Waals surface area (Å²) in [5, 5.41) is 0. The molecule has 0 aliphatic heterocycles. The first-order valence-corrected chi connectivity index (χ1v) is 8.63. The normalized spacial score (nSPS) is 22.8. The molecule has 0 N–H and O–H groups in total. The van der Waals surface area contributed by atoms with Gasteiger partial charge in [-0.15, -0.1) is 0 Å². The number of benzene rings is 2. The zero-order valence-corrected chi connectivity index (χ0v) is 14.3. The number of rotatable bonds is 4. The van der Waals surface area contributed by atoms with Gasteiger partial charge in [0.1, 0.15) is 11.7 Å². The highest BCUT2D eigenvalue weighted by Crippen LogP contribution is 2.35. The molecule has 0 saturated heterocycles. The Morgan fingerprint density at radius 2 is 1.44 bits per heavy atom. The Labute approximate surface area is 147 Å². The SMILES string of the molecule is C[C@]1(OC(=O)c2ccccc2)CCCC[C@H]1OC(=O)c1ccccc1. The van der Waals surface area contributed by atoms with Crippen LogP contribution in [0.2, 0.25) is 0 Å². The van der Waals surface area contributed by atoms with Crippen LogP contribution >= 0.6 is 0 Å². The fourth-order valence-corrected chi connectivity index (χ4v) is 3.19. The molecule has 0 aromatic heterocycles. The molecule has 0 heterocycles. The first kappa shape index (κ1) is 17.2. The van der Waals surface area contributed by atoms with Crippen molar-refractivity contribution in [3.8, 4) is 0 Å². The van der Waals surface area contributed by atoms with E-state index in [1.165, 1.54) is 0 Å². The highest BCUT2D eigenvalue weighted by atomic mass is 16.6. The Balaban J connectivity index is 1.73. The number of hydrogen-bond acceptors (Lipinski definition) is 4. The zero-order valence-electron chi connectivity index (χ0n) is 14.3. The Morgan fingerprint density at radius 3 is 2.04 bits per heavy atom. The van der Waals surface area contributed by atoms with Crippen LogP contribution in [0.3, 0.4) is 0 Å². The molecular weight excluding hydrogens is 316 g/mol. The maximum atomic E-state index is 12.5. The number of ether oxygens (including phenoxy) is 2. The standard InChI is InChI=1S/C21H22O4/c1-21(25-20(23)17-12-6-3-7-13-17)15-9-8-14-18(21)24-19(22)16-10-4-2-5-11-16/h2-7,10-13,18H,8-9,14-15H2,1H3/t18-,21+/m1/s1. The van der Waals surface area contributed by atoms with Gasteiger partial charge in [-0.05, 0) is 56.9 Å². The summed E-state index contributed by atoms with van der Waals surface area (Å²) >= 11 is 0. The summed E-state index contributed by atoms with van der Waals surface area (Å²) in [6.45, 7) is 1.86. The van der Waals surface area contributed by atoms with Crippen molar-refractivity contribution >= 4 is 11.9 Å². The largest absolute Gasteiger partial charge is 0.455 e. The third-order valence-corrected chi connectivity index (χ3v) is 4.66. The summed E-state index contributed by atoms with van der Waals surface area (Å²) in [4.78, 5) is 24.9. The number of esters is 2. The van der Waals surface area contributed by atoms with Crippen molar-refractivity contribution in [2.45, 2.75) is 44.3 Å². The van der Waals surface area contributed by atoms with E-state index in [2.05, 4.69) is 0 Å². The van der Waals surface area contributed by atoms with E-state index in [4.69, 9.17) is 9.47 Å². The Hall–Kier alpha value is -2.62. The third-order valence-electron chi connectivity index (χ3n) is 4.66. The molecule has 3 rings (SSSR count). The second-order valence-electron chi connectivity index (χ2n) is 6.57. The van der Waals surface area contributed by atoms with E-state index in [-0.39, 0.29) is 11.9 Å². The predicted molar refractivity (Wildman–Crippen MR) is 94.4 cm³/mol. The molecule has 1 aliphatic rings. The molecule has 25 heavy (non-hydrogen) atoms. The van der Waals surface area contributed by atoms with Crippen molar-refractivity contribution < 1.29 is 19.1 Å². The molecule has 4 nitrogen and oxygen atoms in total. The Bertz CT molecular complexity index is 726. The first-order valence-electron chi connectivity index (χ1n) is 8.63. The van der Waals surface area contributed by atoms with E-state index in [9.17, 15) is 9.59 Å². The highest BCUT2D eigenvalue weighted by Gasteiger charge is 2.43. The smallest absolute Gasteiger partial charge is 0.338 e. The fraction of sp³-hybridized carbons (Fsp3) is 0.333. The van der Waals surface area contributed by atoms with Crippen LogP contribution in [0.5, 0.6) is 0 Å². The van der Waals surface area contributed by atoms with Gasteiger partial charge in [0.25, 0.3) is 0 Å². The van der Waals surface area contributed by atoms with Gasteiger partial charge in [0.2, 0.25) is 0 Å². The molecule has 0 radical (unpaired) electrons. The van der Waals surface area contributed by atoms with Crippen molar-refractivity contribution in [3.05, 3.63) is 71.8 Å². The van der Waals surface area contributed by atoms with Crippen molar-refractivity contribution in [2.75, 3.05) is 0 Å². The molecule has 2 atom stereocenters. The summed E-state index contributed by atoms with van der Waals surface area (Å²) in [6, 6.07) is 17.8. The first-order chi connectivity index (χ1) is 12.1. The maximum Gasteiger partial charge on any atom is 0.338 e. The van der Waals surface area contributed by atoms with E-state index in [0.29, 0.717) is 24.0 Å². The van der Waals surface area contributed by atoms with E-state index in [1.807, 2.05) is 19.1 Å². The number of carbonyl (C=O) groups is 2. The summed E-state index contributed by atoms with van der Waals surface area (Å²) in [5.41, 5.74) is 0.197. The van der Waals surface area contributed by atoms with Crippen LogP contribution in [0.25, 0.3) is 0 Å². The summed E-state index contributed by atoms with van der Waals surface area (Å²) < 4.78 is 11.5. The van der Waals surface area contributed by atoms with E-state index >= 15 is 0 Å². The van der Waals surface area contributed by atoms with Gasteiger partial charge in [-0.3, -0.25) is 0 Å². The van der Waals surface area contributed by atoms with Gasteiger partial charge in [0, 0.05) is 0 Å². The monoisotopic (exact) mass is 338 g/mol. The summed E-state index contributed by atoms with van der Waals surface area (Å²) in [6.07, 6.45) is 2.82. The van der Waals surface area contributed by atoms with Crippen LogP contribution in [-0.2, 0) is 9.47 Å². The average molecular weight is 338 g/mol. The van der Waals surface area contributed by atoms with Gasteiger partial charge in [-0.1, -0.05) is 36.4 Å². The van der Waals surface area contributed by atoms with Gasteiger partial charge in [0.15, 0.2) is 0 Å². The second-order valence-corrected chi connectivity index (χ2v) is 6.57. The quantitative estimate of drug-likeness (QED) is 0.775. The second kappa shape index (κ2) is 7.51. The summed E-state index contributed by atoms with van der Waals surface area (Å²) in [5.74, 6) is -0.764. The van der Waals surface area contributed by atoms with Crippen LogP contribution < -0.4 is 0 Å². The van der Waals surface area contributed by atoms with Gasteiger partial charge in [-0.2, -0.15) is 0 Å². The minimum Gasteiger partial charge on any atom is -0.455 e. The molecule has 1 fully saturated rings. The van der Waals surface area contributed by atoms with Crippen LogP contribution in [0.15, 0.2) is 60.7 Å². The van der Waals surface area contributed by atoms with Crippen LogP contribution in [-0.4, -0.2) is 23.6 Å². The average Bonchev–Trinajstić information content (AvgIpc) is 2.65. The van der Waals surface area contributed by atoms with Gasteiger partial charge in [0.05, 0.1) is 11.1 Å². The van der Waals surface area contributed by atoms with Crippen LogP contribution in [0.4, 0.5) is 0 Å². The number of hydrogen-bond donors (Lipinski definition) is 0. The zero-order chi connectivity index (χ0) is 17.7. The lowest BCUT2D eigenvalue weighted by Gasteiger charge is -2.39. The Kier molecular flexibility index (Phi) is 5.17. The van der Waals surface area contributed by atoms with Crippen LogP contribution in [0, 0.1) is 0 Å². The molecule has 0 spiro atoms. The molecule has 0 amide bonds. The molecular formula is C21H22O4.